The van der Waals surface area contributed by atoms with E-state index in [1.807, 2.05) is 19.1 Å². The first-order valence-corrected chi connectivity index (χ1v) is 20.4. The summed E-state index contributed by atoms with van der Waals surface area (Å²) in [5.74, 6) is 0.496. The monoisotopic (exact) mass is 727 g/mol. The van der Waals surface area contributed by atoms with Gasteiger partial charge in [0.25, 0.3) is 11.8 Å². The normalized spacial score (nSPS) is 30.6. The molecule has 3 aromatic rings. The van der Waals surface area contributed by atoms with Crippen molar-refractivity contribution in [2.75, 3.05) is 44.1 Å². The van der Waals surface area contributed by atoms with Crippen LogP contribution in [-0.4, -0.2) is 71.1 Å². The Morgan fingerprint density at radius 3 is 2.81 bits per heavy atom. The predicted molar refractivity (Wildman–Crippen MR) is 199 cm³/mol. The van der Waals surface area contributed by atoms with Crippen LogP contribution in [0.4, 0.5) is 5.69 Å². The van der Waals surface area contributed by atoms with Crippen molar-refractivity contribution in [1.29, 1.82) is 0 Å². The third-order valence-corrected chi connectivity index (χ3v) is 13.7. The Morgan fingerprint density at radius 1 is 1.12 bits per heavy atom. The molecule has 2 aliphatic carbocycles. The lowest BCUT2D eigenvalue weighted by Gasteiger charge is -2.46. The minimum Gasteiger partial charge on any atom is -0.490 e. The minimum absolute atomic E-state index is 0.00975. The van der Waals surface area contributed by atoms with Gasteiger partial charge in [-0.15, -0.1) is 4.36 Å². The number of nitrogens with one attached hydrogen (secondary N) is 1. The molecule has 11 nitrogen and oxygen atoms in total. The van der Waals surface area contributed by atoms with Gasteiger partial charge in [0.2, 0.25) is 5.88 Å². The highest BCUT2D eigenvalue weighted by Gasteiger charge is 2.44. The largest absolute Gasteiger partial charge is 0.490 e. The van der Waals surface area contributed by atoms with Crippen LogP contribution < -0.4 is 19.1 Å². The number of hydrogen-bond donors (Lipinski definition) is 1. The summed E-state index contributed by atoms with van der Waals surface area (Å²) in [6.07, 6.45) is 10.9. The van der Waals surface area contributed by atoms with E-state index in [-0.39, 0.29) is 28.9 Å². The molecule has 0 saturated heterocycles. The Kier molecular flexibility index (Phi) is 9.40. The van der Waals surface area contributed by atoms with Crippen molar-refractivity contribution in [3.05, 3.63) is 82.6 Å². The van der Waals surface area contributed by atoms with E-state index in [1.165, 1.54) is 16.7 Å². The van der Waals surface area contributed by atoms with E-state index in [0.717, 1.165) is 63.1 Å². The molecule has 2 aromatic carbocycles. The molecule has 1 fully saturated rings. The number of nitrogens with zero attached hydrogens (tertiary/aromatic N) is 4. The number of fused-ring (bicyclic) bond motifs is 5. The molecule has 1 saturated carbocycles. The van der Waals surface area contributed by atoms with E-state index in [4.69, 9.17) is 14.2 Å². The Bertz CT molecular complexity index is 2010. The highest BCUT2D eigenvalue weighted by molar-refractivity contribution is 7.92. The molecule has 1 N–H and O–H groups in total. The van der Waals surface area contributed by atoms with E-state index in [0.29, 0.717) is 49.5 Å². The van der Waals surface area contributed by atoms with Crippen LogP contribution in [0.3, 0.4) is 0 Å². The van der Waals surface area contributed by atoms with Crippen LogP contribution in [0.25, 0.3) is 0 Å². The SMILES string of the molecule is CO[C@H]1/C=C/C[C@H](C)CS(=O)(NC(=O)c2cc3n(n2)CCCO3)=NC(=O)c2ccc3c(c2)N(C[C@@H]2CC[C@H]21)C[C@@]1(CCCc2cc(C)ccc21)CO3. The molecule has 2 bridgehead atoms. The molecule has 5 aliphatic rings. The van der Waals surface area contributed by atoms with Crippen molar-refractivity contribution in [1.82, 2.24) is 14.5 Å². The smallest absolute Gasteiger partial charge is 0.286 e. The van der Waals surface area contributed by atoms with Crippen LogP contribution in [0.1, 0.15) is 83.0 Å². The third-order valence-electron chi connectivity index (χ3n) is 11.7. The Balaban J connectivity index is 1.18. The number of rotatable bonds is 3. The summed E-state index contributed by atoms with van der Waals surface area (Å²) in [6.45, 7) is 7.37. The molecule has 8 rings (SSSR count). The maximum Gasteiger partial charge on any atom is 0.286 e. The molecule has 276 valence electrons. The number of carbonyl (C=O) groups excluding carboxylic acids is 2. The first-order chi connectivity index (χ1) is 25.1. The molecule has 52 heavy (non-hydrogen) atoms. The van der Waals surface area contributed by atoms with Gasteiger partial charge in [-0.1, -0.05) is 42.8 Å². The van der Waals surface area contributed by atoms with Gasteiger partial charge in [-0.05, 0) is 92.5 Å². The predicted octanol–water partition coefficient (Wildman–Crippen LogP) is 6.04. The van der Waals surface area contributed by atoms with Gasteiger partial charge in [-0.3, -0.25) is 14.3 Å². The molecule has 1 spiro atoms. The number of methoxy groups -OCH3 is 1. The highest BCUT2D eigenvalue weighted by Crippen LogP contribution is 2.47. The number of allylic oxidation sites excluding steroid dienone is 1. The van der Waals surface area contributed by atoms with Crippen molar-refractivity contribution >= 4 is 27.4 Å². The number of aromatic nitrogens is 2. The highest BCUT2D eigenvalue weighted by atomic mass is 32.2. The van der Waals surface area contributed by atoms with Crippen LogP contribution in [0.15, 0.2) is 59.0 Å². The Labute approximate surface area is 306 Å². The summed E-state index contributed by atoms with van der Waals surface area (Å²) in [6, 6.07) is 13.8. The molecular formula is C40H49N5O6S. The fourth-order valence-corrected chi connectivity index (χ4v) is 10.8. The number of amides is 2. The number of carbonyl (C=O) groups is 2. The quantitative estimate of drug-likeness (QED) is 0.324. The van der Waals surface area contributed by atoms with Crippen LogP contribution in [0.2, 0.25) is 0 Å². The Morgan fingerprint density at radius 2 is 2.00 bits per heavy atom. The van der Waals surface area contributed by atoms with Gasteiger partial charge in [0, 0.05) is 50.2 Å². The number of aryl methyl sites for hydroxylation is 3. The summed E-state index contributed by atoms with van der Waals surface area (Å²) >= 11 is 0. The standard InChI is InChI=1S/C40H49N5O6S/c1-26-10-14-32-28(19-26)8-5-16-40(32)24-44-22-30-11-13-31(30)35(49-3)9-4-7-27(2)23-52(48,42-38(46)29-12-15-36(51-25-40)34(44)20-29)43-39(47)33-21-37-45(41-33)17-6-18-50-37/h4,9-10,12,14-15,19-21,27,30-31,35H,5-8,11,13,16-18,22-25H2,1-3H3,(H,42,43,46,47,48)/b9-4+/t27-,30-,31+,35-,40-,52?/m0/s1. The summed E-state index contributed by atoms with van der Waals surface area (Å²) in [7, 11) is -1.79. The van der Waals surface area contributed by atoms with Gasteiger partial charge in [-0.2, -0.15) is 5.10 Å². The molecule has 3 aliphatic heterocycles. The van der Waals surface area contributed by atoms with Gasteiger partial charge in [0.05, 0.1) is 30.8 Å². The topological polar surface area (TPSA) is 124 Å². The summed E-state index contributed by atoms with van der Waals surface area (Å²) in [5.41, 5.74) is 5.02. The fraction of sp³-hybridized carbons (Fsp3) is 0.525. The maximum absolute atomic E-state index is 14.6. The van der Waals surface area contributed by atoms with Crippen LogP contribution >= 0.6 is 0 Å². The second kappa shape index (κ2) is 14.0. The summed E-state index contributed by atoms with van der Waals surface area (Å²) in [4.78, 5) is 30.0. The van der Waals surface area contributed by atoms with Gasteiger partial charge in [-0.25, -0.2) is 8.89 Å². The second-order valence-electron chi connectivity index (χ2n) is 15.5. The van der Waals surface area contributed by atoms with Gasteiger partial charge in [0.15, 0.2) is 5.69 Å². The molecule has 1 aromatic heterocycles. The van der Waals surface area contributed by atoms with Crippen LogP contribution in [0.5, 0.6) is 11.6 Å². The fourth-order valence-electron chi connectivity index (χ4n) is 8.90. The zero-order valence-electron chi connectivity index (χ0n) is 30.3. The average Bonchev–Trinajstić information content (AvgIpc) is 3.49. The molecule has 12 heteroatoms. The molecule has 0 radical (unpaired) electrons. The first-order valence-electron chi connectivity index (χ1n) is 18.8. The van der Waals surface area contributed by atoms with Gasteiger partial charge >= 0.3 is 0 Å². The lowest BCUT2D eigenvalue weighted by atomic mass is 9.68. The number of benzene rings is 2. The molecule has 2 amide bonds. The van der Waals surface area contributed by atoms with E-state index in [1.54, 1.807) is 23.9 Å². The lowest BCUT2D eigenvalue weighted by Crippen LogP contribution is -2.49. The third kappa shape index (κ3) is 6.75. The first kappa shape index (κ1) is 34.9. The van der Waals surface area contributed by atoms with Crippen LogP contribution in [-0.2, 0) is 33.0 Å². The summed E-state index contributed by atoms with van der Waals surface area (Å²) < 4.78 is 41.6. The van der Waals surface area contributed by atoms with Crippen molar-refractivity contribution in [3.8, 4) is 11.6 Å². The second-order valence-corrected chi connectivity index (χ2v) is 17.5. The average molecular weight is 728 g/mol. The molecule has 4 heterocycles. The van der Waals surface area contributed by atoms with Gasteiger partial charge < -0.3 is 19.1 Å². The van der Waals surface area contributed by atoms with Gasteiger partial charge in [0.1, 0.15) is 15.7 Å². The van der Waals surface area contributed by atoms with Crippen molar-refractivity contribution in [3.63, 3.8) is 0 Å². The molecule has 6 atom stereocenters. The van der Waals surface area contributed by atoms with E-state index in [9.17, 15) is 13.8 Å². The van der Waals surface area contributed by atoms with E-state index in [2.05, 4.69) is 56.4 Å². The molecule has 1 unspecified atom stereocenters. The lowest BCUT2D eigenvalue weighted by molar-refractivity contribution is 0.0131. The van der Waals surface area contributed by atoms with E-state index >= 15 is 0 Å². The Hall–Kier alpha value is -4.16. The minimum atomic E-state index is -3.57. The van der Waals surface area contributed by atoms with Crippen molar-refractivity contribution < 1.29 is 28.0 Å². The van der Waals surface area contributed by atoms with Crippen molar-refractivity contribution in [2.45, 2.75) is 76.9 Å². The number of hydrogen-bond acceptors (Lipinski definition) is 8. The zero-order chi connectivity index (χ0) is 36.0. The maximum atomic E-state index is 14.6. The number of anilines is 1. The molecular weight excluding hydrogens is 679 g/mol. The van der Waals surface area contributed by atoms with E-state index < -0.39 is 21.7 Å². The zero-order valence-corrected chi connectivity index (χ0v) is 31.2. The van der Waals surface area contributed by atoms with Crippen LogP contribution in [0, 0.1) is 24.7 Å². The van der Waals surface area contributed by atoms with Crippen molar-refractivity contribution in [2.24, 2.45) is 22.1 Å². The summed E-state index contributed by atoms with van der Waals surface area (Å²) in [5, 5.41) is 4.37. The number of ether oxygens (including phenoxy) is 3.